The van der Waals surface area contributed by atoms with Crippen molar-refractivity contribution in [2.24, 2.45) is 17.2 Å². The smallest absolute Gasteiger partial charge is 0.323 e. The minimum absolute atomic E-state index is 0.0134. The van der Waals surface area contributed by atoms with E-state index in [0.29, 0.717) is 21.9 Å². The Kier molecular flexibility index (Phi) is 8.70. The summed E-state index contributed by atoms with van der Waals surface area (Å²) in [4.78, 5) is 24.5. The van der Waals surface area contributed by atoms with Gasteiger partial charge < -0.3 is 26.5 Å². The van der Waals surface area contributed by atoms with Crippen LogP contribution in [0.2, 0.25) is 0 Å². The van der Waals surface area contributed by atoms with Crippen LogP contribution >= 0.6 is 18.9 Å². The summed E-state index contributed by atoms with van der Waals surface area (Å²) < 4.78 is 25.9. The topological polar surface area (TPSA) is 160 Å². The third-order valence-corrected chi connectivity index (χ3v) is 7.96. The molecule has 7 N–H and O–H groups in total. The summed E-state index contributed by atoms with van der Waals surface area (Å²) in [7, 11) is -3.64. The average Bonchev–Trinajstić information content (AvgIpc) is 3.25. The second-order valence-electron chi connectivity index (χ2n) is 7.67. The Bertz CT molecular complexity index is 1310. The molecule has 0 aliphatic heterocycles. The molecule has 0 aliphatic rings. The molecule has 2 aromatic carbocycles. The third-order valence-electron chi connectivity index (χ3n) is 4.76. The predicted octanol–water partition coefficient (Wildman–Crippen LogP) is 3.61. The number of thiophene rings is 1. The van der Waals surface area contributed by atoms with Crippen molar-refractivity contribution in [2.75, 3.05) is 6.61 Å². The quantitative estimate of drug-likeness (QED) is 0.171. The Morgan fingerprint density at radius 3 is 2.57 bits per heavy atom. The van der Waals surface area contributed by atoms with Crippen molar-refractivity contribution < 1.29 is 23.4 Å². The molecule has 0 fully saturated rings. The highest BCUT2D eigenvalue weighted by molar-refractivity contribution is 7.56. The highest BCUT2D eigenvalue weighted by Crippen LogP contribution is 2.47. The van der Waals surface area contributed by atoms with E-state index in [1.54, 1.807) is 36.4 Å². The molecule has 11 heteroatoms. The van der Waals surface area contributed by atoms with Crippen molar-refractivity contribution in [3.8, 4) is 5.75 Å². The van der Waals surface area contributed by atoms with Crippen LogP contribution in [-0.4, -0.2) is 24.5 Å². The van der Waals surface area contributed by atoms with Gasteiger partial charge in [0.15, 0.2) is 0 Å². The van der Waals surface area contributed by atoms with Crippen molar-refractivity contribution in [1.29, 1.82) is 0 Å². The molecule has 1 heterocycles. The van der Waals surface area contributed by atoms with Crippen LogP contribution < -0.4 is 26.8 Å². The molecular formula is C24H27N4O5PS. The van der Waals surface area contributed by atoms with Gasteiger partial charge in [0, 0.05) is 10.4 Å². The summed E-state index contributed by atoms with van der Waals surface area (Å²) in [6.45, 7) is 1.39. The number of hydrogen-bond donors (Lipinski definition) is 4. The molecule has 0 spiro atoms. The lowest BCUT2D eigenvalue weighted by molar-refractivity contribution is -0.144. The van der Waals surface area contributed by atoms with E-state index in [-0.39, 0.29) is 12.8 Å². The van der Waals surface area contributed by atoms with Crippen molar-refractivity contribution in [1.82, 2.24) is 5.09 Å². The zero-order valence-electron chi connectivity index (χ0n) is 19.0. The van der Waals surface area contributed by atoms with Gasteiger partial charge >= 0.3 is 13.5 Å². The maximum absolute atomic E-state index is 13.9. The highest BCUT2D eigenvalue weighted by Gasteiger charge is 2.31. The number of nitrogens with one attached hydrogen (secondary N) is 1. The zero-order chi connectivity index (χ0) is 25.4. The minimum Gasteiger partial charge on any atom is -0.458 e. The van der Waals surface area contributed by atoms with E-state index in [9.17, 15) is 14.2 Å². The molecule has 0 radical (unpaired) electrons. The summed E-state index contributed by atoms with van der Waals surface area (Å²) >= 11 is 1.28. The van der Waals surface area contributed by atoms with Crippen LogP contribution in [0.15, 0.2) is 78.6 Å². The number of nitrogens with two attached hydrogens (primary N) is 3. The molecule has 184 valence electrons. The van der Waals surface area contributed by atoms with Crippen LogP contribution in [0.4, 0.5) is 0 Å². The van der Waals surface area contributed by atoms with Gasteiger partial charge in [0.05, 0.1) is 11.0 Å². The number of fused-ring (bicyclic) bond motifs is 1. The minimum atomic E-state index is -3.64. The molecule has 1 aromatic heterocycles. The van der Waals surface area contributed by atoms with E-state index < -0.39 is 25.4 Å². The lowest BCUT2D eigenvalue weighted by Crippen LogP contribution is -2.35. The number of hydrogen-bond acceptors (Lipinski definition) is 8. The summed E-state index contributed by atoms with van der Waals surface area (Å²) in [6.07, 6.45) is 4.32. The number of primary amides is 1. The van der Waals surface area contributed by atoms with Crippen LogP contribution in [0, 0.1) is 0 Å². The molecule has 0 aliphatic carbocycles. The SMILES string of the molecule is CC(NP(=O)(Cc1ccc2sc(C(N)=O)cc2c1)Oc1ccccc1)C(=O)OC/C(N)=C/C=C\N. The van der Waals surface area contributed by atoms with Crippen LogP contribution in [0.25, 0.3) is 10.1 Å². The second kappa shape index (κ2) is 11.7. The van der Waals surface area contributed by atoms with Gasteiger partial charge in [0.25, 0.3) is 5.91 Å². The second-order valence-corrected chi connectivity index (χ2v) is 10.9. The number of amides is 1. The molecule has 9 nitrogen and oxygen atoms in total. The first-order chi connectivity index (χ1) is 16.7. The molecule has 35 heavy (non-hydrogen) atoms. The van der Waals surface area contributed by atoms with Gasteiger partial charge in [-0.2, -0.15) is 0 Å². The van der Waals surface area contributed by atoms with Crippen LogP contribution in [0.1, 0.15) is 22.2 Å². The first-order valence-corrected chi connectivity index (χ1v) is 13.2. The lowest BCUT2D eigenvalue weighted by Gasteiger charge is -2.24. The maximum Gasteiger partial charge on any atom is 0.323 e. The van der Waals surface area contributed by atoms with Gasteiger partial charge in [0.1, 0.15) is 18.4 Å². The molecule has 2 unspecified atom stereocenters. The number of ether oxygens (including phenoxy) is 1. The van der Waals surface area contributed by atoms with Crippen molar-refractivity contribution in [3.05, 3.63) is 89.1 Å². The standard InChI is InChI=1S/C24H27N4O5PS/c1-16(24(30)32-14-19(26)6-5-11-25)28-34(31,33-20-7-3-2-4-8-20)15-17-9-10-21-18(12-17)13-22(35-21)23(27)29/h2-13,16H,14-15,25-26H2,1H3,(H2,27,29)(H,28,31)/b11-5-,19-6-. The van der Waals surface area contributed by atoms with E-state index in [1.165, 1.54) is 36.6 Å². The van der Waals surface area contributed by atoms with E-state index in [4.69, 9.17) is 26.5 Å². The summed E-state index contributed by atoms with van der Waals surface area (Å²) in [5.41, 5.74) is 17.4. The van der Waals surface area contributed by atoms with Gasteiger partial charge in [0.2, 0.25) is 0 Å². The summed E-state index contributed by atoms with van der Waals surface area (Å²) in [5, 5.41) is 3.62. The highest BCUT2D eigenvalue weighted by atomic mass is 32.1. The molecule has 3 aromatic rings. The van der Waals surface area contributed by atoms with Gasteiger partial charge in [-0.25, -0.2) is 5.09 Å². The largest absolute Gasteiger partial charge is 0.458 e. The lowest BCUT2D eigenvalue weighted by atomic mass is 10.2. The Labute approximate surface area is 207 Å². The van der Waals surface area contributed by atoms with E-state index >= 15 is 0 Å². The Hall–Kier alpha value is -3.59. The monoisotopic (exact) mass is 514 g/mol. The van der Waals surface area contributed by atoms with E-state index in [1.807, 2.05) is 18.2 Å². The zero-order valence-corrected chi connectivity index (χ0v) is 20.8. The van der Waals surface area contributed by atoms with Crippen molar-refractivity contribution >= 4 is 40.8 Å². The number of para-hydroxylation sites is 1. The van der Waals surface area contributed by atoms with Gasteiger partial charge in [-0.3, -0.25) is 14.2 Å². The van der Waals surface area contributed by atoms with Gasteiger partial charge in [-0.1, -0.05) is 24.3 Å². The molecule has 0 saturated carbocycles. The summed E-state index contributed by atoms with van der Waals surface area (Å²) in [6, 6.07) is 14.9. The number of benzene rings is 2. The summed E-state index contributed by atoms with van der Waals surface area (Å²) in [5.74, 6) is -0.763. The van der Waals surface area contributed by atoms with Crippen LogP contribution in [-0.2, 0) is 20.3 Å². The Morgan fingerprint density at radius 1 is 1.14 bits per heavy atom. The van der Waals surface area contributed by atoms with Gasteiger partial charge in [-0.05, 0) is 66.6 Å². The first-order valence-electron chi connectivity index (χ1n) is 10.6. The van der Waals surface area contributed by atoms with Gasteiger partial charge in [-0.15, -0.1) is 11.3 Å². The molecule has 3 rings (SSSR count). The fourth-order valence-electron chi connectivity index (χ4n) is 3.16. The molecule has 2 atom stereocenters. The van der Waals surface area contributed by atoms with Crippen molar-refractivity contribution in [3.63, 3.8) is 0 Å². The van der Waals surface area contributed by atoms with Crippen molar-refractivity contribution in [2.45, 2.75) is 19.1 Å². The fraction of sp³-hybridized carbons (Fsp3) is 0.167. The Morgan fingerprint density at radius 2 is 1.89 bits per heavy atom. The number of allylic oxidation sites excluding steroid dienone is 2. The molecule has 0 bridgehead atoms. The van der Waals surface area contributed by atoms with E-state index in [2.05, 4.69) is 5.09 Å². The number of rotatable bonds is 11. The van der Waals surface area contributed by atoms with E-state index in [0.717, 1.165) is 10.1 Å². The number of carbonyl (C=O) groups excluding carboxylic acids is 2. The number of esters is 1. The van der Waals surface area contributed by atoms with Crippen LogP contribution in [0.3, 0.4) is 0 Å². The molecule has 1 amide bonds. The Balaban J connectivity index is 1.80. The normalized spacial score (nSPS) is 14.5. The molecular weight excluding hydrogens is 487 g/mol. The molecule has 0 saturated heterocycles. The van der Waals surface area contributed by atoms with Crippen LogP contribution in [0.5, 0.6) is 5.75 Å². The third kappa shape index (κ3) is 7.45. The first kappa shape index (κ1) is 26.0. The average molecular weight is 515 g/mol. The number of carbonyl (C=O) groups is 2. The fourth-order valence-corrected chi connectivity index (χ4v) is 6.10. The predicted molar refractivity (Wildman–Crippen MR) is 138 cm³/mol. The maximum atomic E-state index is 13.9.